The van der Waals surface area contributed by atoms with E-state index in [1.807, 2.05) is 12.1 Å². The van der Waals surface area contributed by atoms with Crippen LogP contribution in [0.4, 0.5) is 0 Å². The summed E-state index contributed by atoms with van der Waals surface area (Å²) in [5.41, 5.74) is 0.775. The number of aromatic hydroxyl groups is 1. The van der Waals surface area contributed by atoms with Crippen molar-refractivity contribution in [2.45, 2.75) is 18.8 Å². The highest BCUT2D eigenvalue weighted by molar-refractivity contribution is 5.64. The molecule has 1 heterocycles. The van der Waals surface area contributed by atoms with E-state index in [-0.39, 0.29) is 11.7 Å². The van der Waals surface area contributed by atoms with Crippen molar-refractivity contribution in [3.8, 4) is 5.75 Å². The minimum atomic E-state index is -0.162. The lowest BCUT2D eigenvalue weighted by Crippen LogP contribution is -2.33. The number of benzene rings is 1. The summed E-state index contributed by atoms with van der Waals surface area (Å²) in [7, 11) is 2.10. The van der Waals surface area contributed by atoms with Crippen LogP contribution in [0.5, 0.6) is 5.75 Å². The van der Waals surface area contributed by atoms with Gasteiger partial charge in [-0.3, -0.25) is 0 Å². The van der Waals surface area contributed by atoms with Gasteiger partial charge in [-0.05, 0) is 45.0 Å². The molecule has 1 aromatic rings. The summed E-state index contributed by atoms with van der Waals surface area (Å²) in [5, 5.41) is 9.83. The number of rotatable bonds is 3. The summed E-state index contributed by atoms with van der Waals surface area (Å²) >= 11 is 0. The van der Waals surface area contributed by atoms with Crippen LogP contribution in [-0.4, -0.2) is 36.4 Å². The standard InChI is InChI=1S/C14H19NO2/c1-15-8-6-11(7-9-15)13(10-16)12-4-2-3-5-14(12)17/h2-5,10-11,13,17H,6-9H2,1H3. The van der Waals surface area contributed by atoms with Crippen LogP contribution in [0, 0.1) is 5.92 Å². The molecule has 1 atom stereocenters. The van der Waals surface area contributed by atoms with E-state index in [2.05, 4.69) is 11.9 Å². The quantitative estimate of drug-likeness (QED) is 0.812. The predicted octanol–water partition coefficient (Wildman–Crippen LogP) is 2.02. The van der Waals surface area contributed by atoms with Gasteiger partial charge in [0.15, 0.2) is 0 Å². The van der Waals surface area contributed by atoms with E-state index in [4.69, 9.17) is 0 Å². The third-order valence-electron chi connectivity index (χ3n) is 3.71. The molecule has 0 aromatic heterocycles. The Hall–Kier alpha value is -1.35. The molecule has 1 aliphatic rings. The summed E-state index contributed by atoms with van der Waals surface area (Å²) in [6.45, 7) is 2.06. The van der Waals surface area contributed by atoms with Crippen LogP contribution in [0.3, 0.4) is 0 Å². The van der Waals surface area contributed by atoms with Gasteiger partial charge in [0.25, 0.3) is 0 Å². The van der Waals surface area contributed by atoms with E-state index in [0.717, 1.165) is 37.8 Å². The van der Waals surface area contributed by atoms with E-state index in [0.29, 0.717) is 5.92 Å². The van der Waals surface area contributed by atoms with E-state index in [1.165, 1.54) is 0 Å². The Labute approximate surface area is 102 Å². The number of hydrogen-bond acceptors (Lipinski definition) is 3. The number of likely N-dealkylation sites (tertiary alicyclic amines) is 1. The Morgan fingerprint density at radius 3 is 2.59 bits per heavy atom. The van der Waals surface area contributed by atoms with Gasteiger partial charge in [-0.2, -0.15) is 0 Å². The molecule has 3 heteroatoms. The van der Waals surface area contributed by atoms with Crippen molar-refractivity contribution in [3.05, 3.63) is 29.8 Å². The summed E-state index contributed by atoms with van der Waals surface area (Å²) in [5.74, 6) is 0.436. The summed E-state index contributed by atoms with van der Waals surface area (Å²) in [6, 6.07) is 7.17. The van der Waals surface area contributed by atoms with E-state index in [1.54, 1.807) is 12.1 Å². The minimum Gasteiger partial charge on any atom is -0.508 e. The molecule has 1 fully saturated rings. The number of phenolic OH excluding ortho intramolecular Hbond substituents is 1. The number of phenols is 1. The molecule has 17 heavy (non-hydrogen) atoms. The van der Waals surface area contributed by atoms with E-state index >= 15 is 0 Å². The second-order valence-electron chi connectivity index (χ2n) is 4.86. The van der Waals surface area contributed by atoms with Crippen molar-refractivity contribution < 1.29 is 9.90 Å². The normalized spacial score (nSPS) is 20.1. The summed E-state index contributed by atoms with van der Waals surface area (Å²) in [4.78, 5) is 13.6. The SMILES string of the molecule is CN1CCC(C(C=O)c2ccccc2O)CC1. The van der Waals surface area contributed by atoms with Gasteiger partial charge >= 0.3 is 0 Å². The van der Waals surface area contributed by atoms with Crippen LogP contribution in [-0.2, 0) is 4.79 Å². The van der Waals surface area contributed by atoms with Gasteiger partial charge in [0.2, 0.25) is 0 Å². The number of aldehydes is 1. The number of piperidine rings is 1. The summed E-state index contributed by atoms with van der Waals surface area (Å²) < 4.78 is 0. The predicted molar refractivity (Wildman–Crippen MR) is 67.1 cm³/mol. The van der Waals surface area contributed by atoms with Crippen LogP contribution in [0.25, 0.3) is 0 Å². The lowest BCUT2D eigenvalue weighted by molar-refractivity contribution is -0.110. The third kappa shape index (κ3) is 2.67. The lowest BCUT2D eigenvalue weighted by atomic mass is 9.80. The molecule has 3 nitrogen and oxygen atoms in total. The Kier molecular flexibility index (Phi) is 3.79. The molecule has 0 saturated carbocycles. The van der Waals surface area contributed by atoms with Gasteiger partial charge in [0, 0.05) is 11.5 Å². The average molecular weight is 233 g/mol. The first-order valence-corrected chi connectivity index (χ1v) is 6.14. The maximum Gasteiger partial charge on any atom is 0.127 e. The molecule has 92 valence electrons. The van der Waals surface area contributed by atoms with Crippen molar-refractivity contribution in [1.82, 2.24) is 4.90 Å². The van der Waals surface area contributed by atoms with Gasteiger partial charge in [-0.15, -0.1) is 0 Å². The molecule has 0 amide bonds. The van der Waals surface area contributed by atoms with Gasteiger partial charge in [0.1, 0.15) is 12.0 Å². The Morgan fingerprint density at radius 1 is 1.35 bits per heavy atom. The van der Waals surface area contributed by atoms with Crippen LogP contribution in [0.1, 0.15) is 24.3 Å². The van der Waals surface area contributed by atoms with Crippen LogP contribution < -0.4 is 0 Å². The first-order chi connectivity index (χ1) is 8.22. The first kappa shape index (κ1) is 12.1. The Bertz CT molecular complexity index is 384. The Balaban J connectivity index is 2.17. The van der Waals surface area contributed by atoms with Crippen molar-refractivity contribution in [2.24, 2.45) is 5.92 Å². The molecule has 1 N–H and O–H groups in total. The number of carbonyl (C=O) groups is 1. The molecule has 1 aliphatic heterocycles. The Morgan fingerprint density at radius 2 is 2.00 bits per heavy atom. The second kappa shape index (κ2) is 5.32. The van der Waals surface area contributed by atoms with Gasteiger partial charge < -0.3 is 14.8 Å². The first-order valence-electron chi connectivity index (χ1n) is 6.14. The second-order valence-corrected chi connectivity index (χ2v) is 4.86. The molecule has 0 aliphatic carbocycles. The van der Waals surface area contributed by atoms with Gasteiger partial charge in [-0.25, -0.2) is 0 Å². The van der Waals surface area contributed by atoms with Crippen molar-refractivity contribution >= 4 is 6.29 Å². The van der Waals surface area contributed by atoms with Gasteiger partial charge in [-0.1, -0.05) is 18.2 Å². The maximum atomic E-state index is 11.3. The zero-order chi connectivity index (χ0) is 12.3. The van der Waals surface area contributed by atoms with Crippen LogP contribution in [0.2, 0.25) is 0 Å². The zero-order valence-corrected chi connectivity index (χ0v) is 10.2. The van der Waals surface area contributed by atoms with Crippen molar-refractivity contribution in [3.63, 3.8) is 0 Å². The highest BCUT2D eigenvalue weighted by Gasteiger charge is 2.27. The van der Waals surface area contributed by atoms with E-state index < -0.39 is 0 Å². The van der Waals surface area contributed by atoms with Crippen molar-refractivity contribution in [1.29, 1.82) is 0 Å². The zero-order valence-electron chi connectivity index (χ0n) is 10.2. The largest absolute Gasteiger partial charge is 0.508 e. The minimum absolute atomic E-state index is 0.162. The molecular formula is C14H19NO2. The maximum absolute atomic E-state index is 11.3. The smallest absolute Gasteiger partial charge is 0.127 e. The highest BCUT2D eigenvalue weighted by Crippen LogP contribution is 2.34. The molecule has 2 rings (SSSR count). The highest BCUT2D eigenvalue weighted by atomic mass is 16.3. The monoisotopic (exact) mass is 233 g/mol. The molecule has 1 saturated heterocycles. The number of nitrogens with zero attached hydrogens (tertiary/aromatic N) is 1. The molecule has 1 aromatic carbocycles. The third-order valence-corrected chi connectivity index (χ3v) is 3.71. The average Bonchev–Trinajstić information content (AvgIpc) is 2.35. The number of carbonyl (C=O) groups excluding carboxylic acids is 1. The van der Waals surface area contributed by atoms with Crippen molar-refractivity contribution in [2.75, 3.05) is 20.1 Å². The molecule has 1 unspecified atom stereocenters. The van der Waals surface area contributed by atoms with E-state index in [9.17, 15) is 9.90 Å². The number of hydrogen-bond donors (Lipinski definition) is 1. The molecular weight excluding hydrogens is 214 g/mol. The fourth-order valence-corrected chi connectivity index (χ4v) is 2.60. The molecule has 0 radical (unpaired) electrons. The summed E-state index contributed by atoms with van der Waals surface area (Å²) in [6.07, 6.45) is 3.04. The van der Waals surface area contributed by atoms with Crippen LogP contribution in [0.15, 0.2) is 24.3 Å². The molecule has 0 spiro atoms. The fraction of sp³-hybridized carbons (Fsp3) is 0.500. The van der Waals surface area contributed by atoms with Gasteiger partial charge in [0.05, 0.1) is 0 Å². The topological polar surface area (TPSA) is 40.5 Å². The molecule has 0 bridgehead atoms. The fourth-order valence-electron chi connectivity index (χ4n) is 2.60. The number of para-hydroxylation sites is 1. The van der Waals surface area contributed by atoms with Crippen LogP contribution >= 0.6 is 0 Å². The lowest BCUT2D eigenvalue weighted by Gasteiger charge is -2.32.